The quantitative estimate of drug-likeness (QED) is 0.801. The molecule has 2 aromatic rings. The fraction of sp³-hybridized carbons (Fsp3) is 0.412. The monoisotopic (exact) mass is 353 g/mol. The minimum Gasteiger partial charge on any atom is -0.468 e. The maximum Gasteiger partial charge on any atom is 0.243 e. The predicted molar refractivity (Wildman–Crippen MR) is 86.4 cm³/mol. The van der Waals surface area contributed by atoms with Gasteiger partial charge in [-0.3, -0.25) is 0 Å². The van der Waals surface area contributed by atoms with Crippen LogP contribution < -0.4 is 0 Å². The third-order valence-corrected chi connectivity index (χ3v) is 5.92. The second-order valence-electron chi connectivity index (χ2n) is 5.92. The summed E-state index contributed by atoms with van der Waals surface area (Å²) in [5, 5.41) is 0. The number of furan rings is 1. The van der Waals surface area contributed by atoms with Gasteiger partial charge in [-0.25, -0.2) is 12.8 Å². The highest BCUT2D eigenvalue weighted by Crippen LogP contribution is 2.23. The first-order valence-corrected chi connectivity index (χ1v) is 9.31. The van der Waals surface area contributed by atoms with Crippen molar-refractivity contribution in [2.24, 2.45) is 0 Å². The topological polar surface area (TPSA) is 59.8 Å². The Morgan fingerprint density at radius 1 is 1.33 bits per heavy atom. The molecule has 1 atom stereocenters. The molecule has 0 bridgehead atoms. The summed E-state index contributed by atoms with van der Waals surface area (Å²) in [4.78, 5) is 0.0750. The lowest BCUT2D eigenvalue weighted by atomic mass is 10.2. The van der Waals surface area contributed by atoms with Crippen molar-refractivity contribution in [2.75, 3.05) is 13.2 Å². The van der Waals surface area contributed by atoms with Gasteiger partial charge in [-0.15, -0.1) is 0 Å². The molecule has 1 aliphatic heterocycles. The highest BCUT2D eigenvalue weighted by molar-refractivity contribution is 7.89. The Balaban J connectivity index is 1.90. The Hall–Kier alpha value is -1.70. The van der Waals surface area contributed by atoms with E-state index in [1.807, 2.05) is 0 Å². The molecule has 130 valence electrons. The minimum atomic E-state index is -3.78. The molecule has 1 fully saturated rings. The summed E-state index contributed by atoms with van der Waals surface area (Å²) in [6, 6.07) is 7.28. The van der Waals surface area contributed by atoms with E-state index in [2.05, 4.69) is 0 Å². The lowest BCUT2D eigenvalue weighted by Crippen LogP contribution is -2.36. The van der Waals surface area contributed by atoms with Crippen LogP contribution in [0.1, 0.15) is 24.2 Å². The van der Waals surface area contributed by atoms with E-state index in [-0.39, 0.29) is 24.1 Å². The molecule has 0 saturated carbocycles. The number of rotatable bonds is 6. The van der Waals surface area contributed by atoms with Crippen LogP contribution in [-0.2, 0) is 21.3 Å². The van der Waals surface area contributed by atoms with Crippen molar-refractivity contribution in [1.82, 2.24) is 4.31 Å². The molecule has 0 N–H and O–H groups in total. The zero-order valence-corrected chi connectivity index (χ0v) is 14.3. The standard InChI is InChI=1S/C17H20FNO4S/c1-13-10-16(6-7-17(13)18)24(20,21)19(11-14-4-2-8-22-14)12-15-5-3-9-23-15/h2,4,6-8,10,15H,3,5,9,11-12H2,1H3. The Labute approximate surface area is 141 Å². The Morgan fingerprint density at radius 2 is 2.17 bits per heavy atom. The number of hydrogen-bond donors (Lipinski definition) is 0. The molecular formula is C17H20FNO4S. The van der Waals surface area contributed by atoms with E-state index in [0.29, 0.717) is 17.9 Å². The Morgan fingerprint density at radius 3 is 2.79 bits per heavy atom. The van der Waals surface area contributed by atoms with E-state index in [4.69, 9.17) is 9.15 Å². The molecule has 1 unspecified atom stereocenters. The molecule has 0 aliphatic carbocycles. The zero-order chi connectivity index (χ0) is 17.2. The lowest BCUT2D eigenvalue weighted by molar-refractivity contribution is 0.0914. The van der Waals surface area contributed by atoms with Crippen LogP contribution in [0.5, 0.6) is 0 Å². The maximum atomic E-state index is 13.5. The van der Waals surface area contributed by atoms with Gasteiger partial charge in [-0.05, 0) is 55.7 Å². The van der Waals surface area contributed by atoms with Crippen molar-refractivity contribution >= 4 is 10.0 Å². The summed E-state index contributed by atoms with van der Waals surface area (Å²) < 4.78 is 51.7. The van der Waals surface area contributed by atoms with Crippen LogP contribution in [0.2, 0.25) is 0 Å². The molecule has 5 nitrogen and oxygen atoms in total. The predicted octanol–water partition coefficient (Wildman–Crippen LogP) is 3.10. The second kappa shape index (κ2) is 7.04. The highest BCUT2D eigenvalue weighted by Gasteiger charge is 2.30. The number of hydrogen-bond acceptors (Lipinski definition) is 4. The zero-order valence-electron chi connectivity index (χ0n) is 13.4. The molecule has 0 amide bonds. The number of benzene rings is 1. The van der Waals surface area contributed by atoms with Gasteiger partial charge in [0.05, 0.1) is 23.8 Å². The molecule has 0 radical (unpaired) electrons. The van der Waals surface area contributed by atoms with Gasteiger partial charge < -0.3 is 9.15 Å². The van der Waals surface area contributed by atoms with E-state index in [1.54, 1.807) is 19.1 Å². The average Bonchev–Trinajstić information content (AvgIpc) is 3.23. The summed E-state index contributed by atoms with van der Waals surface area (Å²) in [6.07, 6.45) is 3.13. The van der Waals surface area contributed by atoms with E-state index in [9.17, 15) is 12.8 Å². The molecular weight excluding hydrogens is 333 g/mol. The molecule has 1 saturated heterocycles. The third kappa shape index (κ3) is 3.68. The molecule has 24 heavy (non-hydrogen) atoms. The maximum absolute atomic E-state index is 13.5. The van der Waals surface area contributed by atoms with Crippen molar-refractivity contribution in [3.05, 3.63) is 53.7 Å². The smallest absolute Gasteiger partial charge is 0.243 e. The van der Waals surface area contributed by atoms with Crippen LogP contribution in [0, 0.1) is 12.7 Å². The number of aryl methyl sites for hydroxylation is 1. The van der Waals surface area contributed by atoms with Gasteiger partial charge in [-0.1, -0.05) is 0 Å². The van der Waals surface area contributed by atoms with E-state index in [1.165, 1.54) is 28.8 Å². The van der Waals surface area contributed by atoms with Crippen LogP contribution in [0.25, 0.3) is 0 Å². The lowest BCUT2D eigenvalue weighted by Gasteiger charge is -2.24. The van der Waals surface area contributed by atoms with Gasteiger partial charge >= 0.3 is 0 Å². The molecule has 0 spiro atoms. The number of nitrogens with zero attached hydrogens (tertiary/aromatic N) is 1. The van der Waals surface area contributed by atoms with E-state index in [0.717, 1.165) is 12.8 Å². The van der Waals surface area contributed by atoms with E-state index < -0.39 is 15.8 Å². The highest BCUT2D eigenvalue weighted by atomic mass is 32.2. The molecule has 7 heteroatoms. The molecule has 1 aliphatic rings. The summed E-state index contributed by atoms with van der Waals surface area (Å²) in [6.45, 7) is 2.56. The summed E-state index contributed by atoms with van der Waals surface area (Å²) in [7, 11) is -3.78. The van der Waals surface area contributed by atoms with Gasteiger partial charge in [0, 0.05) is 13.2 Å². The van der Waals surface area contributed by atoms with Crippen molar-refractivity contribution < 1.29 is 22.0 Å². The first-order chi connectivity index (χ1) is 11.5. The fourth-order valence-electron chi connectivity index (χ4n) is 2.77. The summed E-state index contributed by atoms with van der Waals surface area (Å²) in [5.41, 5.74) is 0.297. The first kappa shape index (κ1) is 17.1. The number of sulfonamides is 1. The summed E-state index contributed by atoms with van der Waals surface area (Å²) >= 11 is 0. The summed E-state index contributed by atoms with van der Waals surface area (Å²) in [5.74, 6) is 0.126. The van der Waals surface area contributed by atoms with Gasteiger partial charge in [0.1, 0.15) is 11.6 Å². The van der Waals surface area contributed by atoms with Gasteiger partial charge in [0.15, 0.2) is 0 Å². The Bertz CT molecular complexity index is 783. The molecule has 3 rings (SSSR count). The van der Waals surface area contributed by atoms with E-state index >= 15 is 0 Å². The number of ether oxygens (including phenoxy) is 1. The van der Waals surface area contributed by atoms with Gasteiger partial charge in [0.25, 0.3) is 0 Å². The van der Waals surface area contributed by atoms with Crippen LogP contribution in [0.3, 0.4) is 0 Å². The van der Waals surface area contributed by atoms with Crippen molar-refractivity contribution in [1.29, 1.82) is 0 Å². The fourth-order valence-corrected chi connectivity index (χ4v) is 4.29. The average molecular weight is 353 g/mol. The van der Waals surface area contributed by atoms with Crippen LogP contribution in [-0.4, -0.2) is 32.0 Å². The normalized spacial score (nSPS) is 18.4. The van der Waals surface area contributed by atoms with Crippen molar-refractivity contribution in [3.63, 3.8) is 0 Å². The second-order valence-corrected chi connectivity index (χ2v) is 7.86. The minimum absolute atomic E-state index is 0.0750. The SMILES string of the molecule is Cc1cc(S(=O)(=O)N(Cc2ccco2)CC2CCCO2)ccc1F. The first-order valence-electron chi connectivity index (χ1n) is 7.87. The largest absolute Gasteiger partial charge is 0.468 e. The van der Waals surface area contributed by atoms with Crippen molar-refractivity contribution in [2.45, 2.75) is 37.3 Å². The van der Waals surface area contributed by atoms with Crippen molar-refractivity contribution in [3.8, 4) is 0 Å². The van der Waals surface area contributed by atoms with Crippen LogP contribution >= 0.6 is 0 Å². The van der Waals surface area contributed by atoms with Gasteiger partial charge in [-0.2, -0.15) is 4.31 Å². The van der Waals surface area contributed by atoms with Crippen LogP contribution in [0.4, 0.5) is 4.39 Å². The molecule has 1 aromatic heterocycles. The molecule has 1 aromatic carbocycles. The number of halogens is 1. The third-order valence-electron chi connectivity index (χ3n) is 4.11. The van der Waals surface area contributed by atoms with Gasteiger partial charge in [0.2, 0.25) is 10.0 Å². The van der Waals surface area contributed by atoms with Crippen LogP contribution in [0.15, 0.2) is 45.9 Å². The Kier molecular flexibility index (Phi) is 5.03. The molecule has 2 heterocycles.